The van der Waals surface area contributed by atoms with Crippen molar-refractivity contribution >= 4 is 29.2 Å². The summed E-state index contributed by atoms with van der Waals surface area (Å²) < 4.78 is 10.3. The first-order valence-corrected chi connectivity index (χ1v) is 14.2. The molecule has 5 nitrogen and oxygen atoms in total. The molecular weight excluding hydrogens is 536 g/mol. The van der Waals surface area contributed by atoms with E-state index in [1.807, 2.05) is 111 Å². The number of hydrogen-bond acceptors (Lipinski definition) is 5. The summed E-state index contributed by atoms with van der Waals surface area (Å²) in [7, 11) is 1.63. The number of allylic oxidation sites excluding steroid dienone is 6. The average molecular weight is 567 g/mol. The Morgan fingerprint density at radius 3 is 1.35 bits per heavy atom. The van der Waals surface area contributed by atoms with Crippen LogP contribution in [-0.4, -0.2) is 25.1 Å². The zero-order valence-electron chi connectivity index (χ0n) is 24.2. The van der Waals surface area contributed by atoms with E-state index in [1.54, 1.807) is 19.2 Å². The number of ether oxygens (including phenoxy) is 2. The molecule has 0 saturated carbocycles. The largest absolute Gasteiger partial charge is 0.497 e. The molecule has 0 radical (unpaired) electrons. The van der Waals surface area contributed by atoms with Gasteiger partial charge in [-0.25, -0.2) is 0 Å². The van der Waals surface area contributed by atoms with Crippen molar-refractivity contribution in [1.29, 1.82) is 0 Å². The van der Waals surface area contributed by atoms with Gasteiger partial charge in [-0.3, -0.25) is 14.4 Å². The molecule has 212 valence electrons. The number of rotatable bonds is 7. The van der Waals surface area contributed by atoms with E-state index in [0.29, 0.717) is 34.5 Å². The van der Waals surface area contributed by atoms with Gasteiger partial charge in [-0.05, 0) is 69.8 Å². The van der Waals surface area contributed by atoms with Gasteiger partial charge in [-0.1, -0.05) is 86.6 Å². The zero-order valence-corrected chi connectivity index (χ0v) is 24.2. The van der Waals surface area contributed by atoms with Gasteiger partial charge in [0.2, 0.25) is 0 Å². The molecule has 4 aromatic carbocycles. The summed E-state index contributed by atoms with van der Waals surface area (Å²) in [5.74, 6) is 0.765. The Morgan fingerprint density at radius 2 is 0.953 bits per heavy atom. The molecular formula is C38H30O5. The Balaban J connectivity index is 1.54. The van der Waals surface area contributed by atoms with Crippen molar-refractivity contribution in [2.45, 2.75) is 25.7 Å². The van der Waals surface area contributed by atoms with E-state index in [9.17, 15) is 14.4 Å². The lowest BCUT2D eigenvalue weighted by atomic mass is 9.74. The third-order valence-corrected chi connectivity index (χ3v) is 8.45. The zero-order chi connectivity index (χ0) is 30.1. The predicted octanol–water partition coefficient (Wildman–Crippen LogP) is 7.99. The third-order valence-electron chi connectivity index (χ3n) is 8.45. The maximum atomic E-state index is 13.9. The van der Waals surface area contributed by atoms with E-state index < -0.39 is 0 Å². The summed E-state index contributed by atoms with van der Waals surface area (Å²) >= 11 is 0. The van der Waals surface area contributed by atoms with Gasteiger partial charge in [-0.2, -0.15) is 0 Å². The van der Waals surface area contributed by atoms with E-state index >= 15 is 0 Å². The second-order valence-electron chi connectivity index (χ2n) is 10.8. The van der Waals surface area contributed by atoms with Crippen LogP contribution in [0.4, 0.5) is 0 Å². The Labute approximate surface area is 250 Å². The first-order chi connectivity index (χ1) is 20.9. The van der Waals surface area contributed by atoms with Crippen molar-refractivity contribution in [3.8, 4) is 11.5 Å². The van der Waals surface area contributed by atoms with Crippen molar-refractivity contribution in [1.82, 2.24) is 0 Å². The van der Waals surface area contributed by atoms with Crippen molar-refractivity contribution in [2.75, 3.05) is 7.11 Å². The van der Waals surface area contributed by atoms with Gasteiger partial charge >= 0.3 is 0 Å². The van der Waals surface area contributed by atoms with Crippen LogP contribution < -0.4 is 9.47 Å². The Bertz CT molecular complexity index is 1840. The van der Waals surface area contributed by atoms with Gasteiger partial charge in [0, 0.05) is 34.1 Å². The highest BCUT2D eigenvalue weighted by atomic mass is 16.5. The van der Waals surface area contributed by atoms with Gasteiger partial charge in [-0.15, -0.1) is 0 Å². The number of hydrogen-bond donors (Lipinski definition) is 0. The molecule has 0 amide bonds. The maximum absolute atomic E-state index is 13.9. The number of carbonyl (C=O) groups is 3. The van der Waals surface area contributed by atoms with Crippen LogP contribution in [0.2, 0.25) is 0 Å². The van der Waals surface area contributed by atoms with Gasteiger partial charge in [0.05, 0.1) is 7.11 Å². The molecule has 0 spiro atoms. The molecule has 0 N–H and O–H groups in total. The van der Waals surface area contributed by atoms with Crippen LogP contribution >= 0.6 is 0 Å². The number of carbonyl (C=O) groups excluding carboxylic acids is 3. The van der Waals surface area contributed by atoms with Crippen LogP contribution in [0, 0.1) is 0 Å². The highest BCUT2D eigenvalue weighted by molar-refractivity contribution is 6.23. The van der Waals surface area contributed by atoms with Crippen molar-refractivity contribution in [3.05, 3.63) is 154 Å². The van der Waals surface area contributed by atoms with Crippen LogP contribution in [0.3, 0.4) is 0 Å². The summed E-state index contributed by atoms with van der Waals surface area (Å²) in [6.45, 7) is 4.44. The van der Waals surface area contributed by atoms with E-state index in [0.717, 1.165) is 39.1 Å². The Morgan fingerprint density at radius 1 is 0.558 bits per heavy atom. The van der Waals surface area contributed by atoms with Gasteiger partial charge in [0.1, 0.15) is 11.5 Å². The molecule has 2 unspecified atom stereocenters. The molecule has 2 aliphatic carbocycles. The fraction of sp³-hybridized carbons (Fsp3) is 0.132. The molecule has 4 aromatic rings. The molecule has 0 aromatic heterocycles. The summed E-state index contributed by atoms with van der Waals surface area (Å²) in [4.78, 5) is 38.5. The van der Waals surface area contributed by atoms with E-state index in [-0.39, 0.29) is 23.4 Å². The fourth-order valence-corrected chi connectivity index (χ4v) is 5.97. The topological polar surface area (TPSA) is 69.7 Å². The SMILES string of the molecule is COc1ccc(C(C)C2=C/C(=C3/C=C(C(C)c4ccc(OC=O)cc4)C(=O)c4ccccc43)c3ccccc3C2=O)cc1. The average Bonchev–Trinajstić information content (AvgIpc) is 3.05. The van der Waals surface area contributed by atoms with Crippen molar-refractivity contribution in [2.24, 2.45) is 0 Å². The van der Waals surface area contributed by atoms with Crippen LogP contribution in [0.5, 0.6) is 11.5 Å². The van der Waals surface area contributed by atoms with Crippen LogP contribution in [-0.2, 0) is 4.79 Å². The van der Waals surface area contributed by atoms with E-state index in [2.05, 4.69) is 0 Å². The first-order valence-electron chi connectivity index (χ1n) is 14.2. The number of methoxy groups -OCH3 is 1. The molecule has 2 atom stereocenters. The van der Waals surface area contributed by atoms with Crippen LogP contribution in [0.1, 0.15) is 68.7 Å². The van der Waals surface area contributed by atoms with Crippen LogP contribution in [0.25, 0.3) is 11.1 Å². The van der Waals surface area contributed by atoms with Crippen molar-refractivity contribution < 1.29 is 23.9 Å². The minimum Gasteiger partial charge on any atom is -0.497 e. The predicted molar refractivity (Wildman–Crippen MR) is 167 cm³/mol. The second-order valence-corrected chi connectivity index (χ2v) is 10.8. The molecule has 2 aliphatic rings. The number of fused-ring (bicyclic) bond motifs is 2. The lowest BCUT2D eigenvalue weighted by molar-refractivity contribution is -0.120. The first kappa shape index (κ1) is 27.9. The molecule has 43 heavy (non-hydrogen) atoms. The highest BCUT2D eigenvalue weighted by Crippen LogP contribution is 2.44. The molecule has 6 rings (SSSR count). The lowest BCUT2D eigenvalue weighted by Crippen LogP contribution is -2.19. The molecule has 5 heteroatoms. The smallest absolute Gasteiger partial charge is 0.298 e. The minimum absolute atomic E-state index is 0.00126. The lowest BCUT2D eigenvalue weighted by Gasteiger charge is -2.28. The normalized spacial score (nSPS) is 17.2. The molecule has 0 saturated heterocycles. The van der Waals surface area contributed by atoms with Crippen LogP contribution in [0.15, 0.2) is 120 Å². The van der Waals surface area contributed by atoms with Crippen molar-refractivity contribution in [3.63, 3.8) is 0 Å². The summed E-state index contributed by atoms with van der Waals surface area (Å²) in [5.41, 5.74) is 8.03. The standard InChI is InChI=1S/C38H30O5/c1-23(25-12-16-27(42-3)17-13-25)33-20-35(29-8-4-6-10-31(29)37(33)40)36-21-34(38(41)32-11-7-5-9-30(32)36)24(2)26-14-18-28(19-15-26)43-22-39/h4-24H,1-3H3/b36-35+. The second kappa shape index (κ2) is 11.5. The van der Waals surface area contributed by atoms with E-state index in [4.69, 9.17) is 9.47 Å². The summed E-state index contributed by atoms with van der Waals surface area (Å²) in [6, 6.07) is 30.3. The monoisotopic (exact) mass is 566 g/mol. The van der Waals surface area contributed by atoms with Gasteiger partial charge in [0.25, 0.3) is 6.47 Å². The molecule has 0 aliphatic heterocycles. The fourth-order valence-electron chi connectivity index (χ4n) is 5.97. The molecule has 0 bridgehead atoms. The summed E-state index contributed by atoms with van der Waals surface area (Å²) in [6.07, 6.45) is 3.99. The Hall–Kier alpha value is -5.29. The number of Topliss-reactive ketones (excluding diaryl/α,β-unsaturated/α-hetero) is 2. The van der Waals surface area contributed by atoms with E-state index in [1.165, 1.54) is 0 Å². The maximum Gasteiger partial charge on any atom is 0.298 e. The number of ketones is 2. The summed E-state index contributed by atoms with van der Waals surface area (Å²) in [5, 5.41) is 0. The highest BCUT2D eigenvalue weighted by Gasteiger charge is 2.32. The molecule has 0 heterocycles. The number of benzene rings is 4. The minimum atomic E-state index is -0.233. The molecule has 0 fully saturated rings. The quantitative estimate of drug-likeness (QED) is 0.212. The van der Waals surface area contributed by atoms with Gasteiger partial charge < -0.3 is 9.47 Å². The third kappa shape index (κ3) is 5.04. The Kier molecular flexibility index (Phi) is 7.47. The van der Waals surface area contributed by atoms with Gasteiger partial charge in [0.15, 0.2) is 11.6 Å².